The molecule has 0 aromatic heterocycles. The number of hydrogen-bond acceptors (Lipinski definition) is 3. The van der Waals surface area contributed by atoms with E-state index in [1.165, 1.54) is 45.2 Å². The van der Waals surface area contributed by atoms with Crippen LogP contribution in [0.25, 0.3) is 0 Å². The molecule has 0 radical (unpaired) electrons. The Balaban J connectivity index is 1.87. The van der Waals surface area contributed by atoms with Gasteiger partial charge < -0.3 is 10.1 Å². The van der Waals surface area contributed by atoms with Crippen LogP contribution in [0.1, 0.15) is 39.0 Å². The van der Waals surface area contributed by atoms with Crippen LogP contribution in [0.5, 0.6) is 0 Å². The summed E-state index contributed by atoms with van der Waals surface area (Å²) >= 11 is 0. The first kappa shape index (κ1) is 12.3. The molecule has 1 N–H and O–H groups in total. The predicted molar refractivity (Wildman–Crippen MR) is 66.7 cm³/mol. The van der Waals surface area contributed by atoms with Crippen molar-refractivity contribution >= 4 is 0 Å². The van der Waals surface area contributed by atoms with Gasteiger partial charge >= 0.3 is 0 Å². The van der Waals surface area contributed by atoms with E-state index in [9.17, 15) is 0 Å². The summed E-state index contributed by atoms with van der Waals surface area (Å²) in [6.07, 6.45) is 6.73. The number of hydrogen-bond donors (Lipinski definition) is 1. The number of methoxy groups -OCH3 is 1. The van der Waals surface area contributed by atoms with E-state index in [-0.39, 0.29) is 0 Å². The standard InChI is InChI=1S/C13H26N2O/c1-3-13(7-4-8-14-13)11-15(9-10-16-2)12-5-6-12/h12,14H,3-11H2,1-2H3. The summed E-state index contributed by atoms with van der Waals surface area (Å²) in [7, 11) is 1.80. The van der Waals surface area contributed by atoms with Gasteiger partial charge in [0.15, 0.2) is 0 Å². The molecule has 1 unspecified atom stereocenters. The molecular formula is C13H26N2O. The van der Waals surface area contributed by atoms with Crippen LogP contribution in [0.4, 0.5) is 0 Å². The molecule has 1 aliphatic heterocycles. The minimum Gasteiger partial charge on any atom is -0.383 e. The summed E-state index contributed by atoms with van der Waals surface area (Å²) in [5, 5.41) is 3.73. The van der Waals surface area contributed by atoms with Crippen molar-refractivity contribution in [1.82, 2.24) is 10.2 Å². The Bertz CT molecular complexity index is 210. The molecule has 0 aromatic rings. The fraction of sp³-hybridized carbons (Fsp3) is 1.00. The largest absolute Gasteiger partial charge is 0.383 e. The lowest BCUT2D eigenvalue weighted by Gasteiger charge is -2.35. The van der Waals surface area contributed by atoms with E-state index < -0.39 is 0 Å². The van der Waals surface area contributed by atoms with E-state index in [0.717, 1.165) is 19.2 Å². The van der Waals surface area contributed by atoms with Crippen LogP contribution in [0, 0.1) is 0 Å². The molecule has 0 spiro atoms. The zero-order chi connectivity index (χ0) is 11.4. The van der Waals surface area contributed by atoms with Crippen LogP contribution >= 0.6 is 0 Å². The number of rotatable bonds is 7. The molecule has 16 heavy (non-hydrogen) atoms. The van der Waals surface area contributed by atoms with Crippen molar-refractivity contribution in [2.45, 2.75) is 50.6 Å². The number of ether oxygens (including phenoxy) is 1. The Morgan fingerprint density at radius 2 is 2.25 bits per heavy atom. The van der Waals surface area contributed by atoms with Gasteiger partial charge in [-0.3, -0.25) is 4.90 Å². The topological polar surface area (TPSA) is 24.5 Å². The fourth-order valence-corrected chi connectivity index (χ4v) is 2.84. The van der Waals surface area contributed by atoms with Crippen molar-refractivity contribution in [2.24, 2.45) is 0 Å². The molecule has 1 heterocycles. The van der Waals surface area contributed by atoms with Crippen molar-refractivity contribution in [1.29, 1.82) is 0 Å². The Hall–Kier alpha value is -0.120. The van der Waals surface area contributed by atoms with E-state index in [0.29, 0.717) is 5.54 Å². The Labute approximate surface area is 99.5 Å². The van der Waals surface area contributed by atoms with E-state index in [4.69, 9.17) is 4.74 Å². The third kappa shape index (κ3) is 2.96. The first-order valence-corrected chi connectivity index (χ1v) is 6.78. The van der Waals surface area contributed by atoms with Gasteiger partial charge in [-0.2, -0.15) is 0 Å². The first-order chi connectivity index (χ1) is 7.79. The van der Waals surface area contributed by atoms with Gasteiger partial charge in [-0.25, -0.2) is 0 Å². The summed E-state index contributed by atoms with van der Waals surface area (Å²) in [5.74, 6) is 0. The van der Waals surface area contributed by atoms with Crippen LogP contribution < -0.4 is 5.32 Å². The lowest BCUT2D eigenvalue weighted by atomic mass is 9.93. The molecule has 1 saturated carbocycles. The fourth-order valence-electron chi connectivity index (χ4n) is 2.84. The van der Waals surface area contributed by atoms with Crippen molar-refractivity contribution in [3.05, 3.63) is 0 Å². The van der Waals surface area contributed by atoms with Crippen LogP contribution in [-0.4, -0.2) is 49.8 Å². The highest BCUT2D eigenvalue weighted by Gasteiger charge is 2.37. The van der Waals surface area contributed by atoms with Gasteiger partial charge in [-0.15, -0.1) is 0 Å². The van der Waals surface area contributed by atoms with Crippen molar-refractivity contribution in [2.75, 3.05) is 33.4 Å². The molecule has 0 aromatic carbocycles. The quantitative estimate of drug-likeness (QED) is 0.714. The minimum atomic E-state index is 0.399. The molecule has 1 aliphatic carbocycles. The van der Waals surface area contributed by atoms with Crippen molar-refractivity contribution in [3.8, 4) is 0 Å². The molecule has 3 heteroatoms. The van der Waals surface area contributed by atoms with Gasteiger partial charge in [0.05, 0.1) is 6.61 Å². The van der Waals surface area contributed by atoms with Crippen molar-refractivity contribution < 1.29 is 4.74 Å². The Morgan fingerprint density at radius 3 is 2.75 bits per heavy atom. The molecule has 2 rings (SSSR count). The smallest absolute Gasteiger partial charge is 0.0589 e. The Morgan fingerprint density at radius 1 is 1.44 bits per heavy atom. The normalized spacial score (nSPS) is 30.2. The molecule has 2 fully saturated rings. The molecular weight excluding hydrogens is 200 g/mol. The van der Waals surface area contributed by atoms with Gasteiger partial charge in [0, 0.05) is 31.8 Å². The van der Waals surface area contributed by atoms with Crippen molar-refractivity contribution in [3.63, 3.8) is 0 Å². The molecule has 2 aliphatic rings. The summed E-state index contributed by atoms with van der Waals surface area (Å²) in [5.41, 5.74) is 0.399. The van der Waals surface area contributed by atoms with E-state index in [1.54, 1.807) is 7.11 Å². The number of nitrogens with zero attached hydrogens (tertiary/aromatic N) is 1. The maximum absolute atomic E-state index is 5.22. The van der Waals surface area contributed by atoms with Crippen LogP contribution in [0.3, 0.4) is 0 Å². The Kier molecular flexibility index (Phi) is 4.22. The summed E-state index contributed by atoms with van der Waals surface area (Å²) in [6, 6.07) is 0.848. The van der Waals surface area contributed by atoms with E-state index >= 15 is 0 Å². The summed E-state index contributed by atoms with van der Waals surface area (Å²) < 4.78 is 5.22. The molecule has 0 amide bonds. The third-order valence-corrected chi connectivity index (χ3v) is 4.16. The van der Waals surface area contributed by atoms with Crippen LogP contribution in [0.2, 0.25) is 0 Å². The predicted octanol–water partition coefficient (Wildman–Crippen LogP) is 1.63. The molecule has 0 bridgehead atoms. The maximum Gasteiger partial charge on any atom is 0.0589 e. The van der Waals surface area contributed by atoms with E-state index in [2.05, 4.69) is 17.1 Å². The average molecular weight is 226 g/mol. The van der Waals surface area contributed by atoms with Crippen LogP contribution in [0.15, 0.2) is 0 Å². The van der Waals surface area contributed by atoms with E-state index in [1.807, 2.05) is 0 Å². The summed E-state index contributed by atoms with van der Waals surface area (Å²) in [6.45, 7) is 6.72. The first-order valence-electron chi connectivity index (χ1n) is 6.78. The van der Waals surface area contributed by atoms with Gasteiger partial charge in [-0.05, 0) is 38.6 Å². The summed E-state index contributed by atoms with van der Waals surface area (Å²) in [4.78, 5) is 2.64. The number of nitrogens with one attached hydrogen (secondary N) is 1. The highest BCUT2D eigenvalue weighted by Crippen LogP contribution is 2.31. The highest BCUT2D eigenvalue weighted by atomic mass is 16.5. The maximum atomic E-state index is 5.22. The monoisotopic (exact) mass is 226 g/mol. The average Bonchev–Trinajstić information content (AvgIpc) is 3.05. The lowest BCUT2D eigenvalue weighted by molar-refractivity contribution is 0.118. The highest BCUT2D eigenvalue weighted by molar-refractivity contribution is 4.97. The second-order valence-corrected chi connectivity index (χ2v) is 5.36. The molecule has 1 atom stereocenters. The second-order valence-electron chi connectivity index (χ2n) is 5.36. The SMILES string of the molecule is CCC1(CN(CCOC)C2CC2)CCCN1. The minimum absolute atomic E-state index is 0.399. The van der Waals surface area contributed by atoms with Gasteiger partial charge in [0.25, 0.3) is 0 Å². The van der Waals surface area contributed by atoms with Crippen LogP contribution in [-0.2, 0) is 4.74 Å². The zero-order valence-corrected chi connectivity index (χ0v) is 10.8. The zero-order valence-electron chi connectivity index (χ0n) is 10.8. The molecule has 1 saturated heterocycles. The lowest BCUT2D eigenvalue weighted by Crippen LogP contribution is -2.50. The van der Waals surface area contributed by atoms with Gasteiger partial charge in [-0.1, -0.05) is 6.92 Å². The van der Waals surface area contributed by atoms with Gasteiger partial charge in [0.2, 0.25) is 0 Å². The van der Waals surface area contributed by atoms with Gasteiger partial charge in [0.1, 0.15) is 0 Å². The molecule has 3 nitrogen and oxygen atoms in total. The molecule has 94 valence electrons. The second kappa shape index (κ2) is 5.48. The third-order valence-electron chi connectivity index (χ3n) is 4.16.